The van der Waals surface area contributed by atoms with Gasteiger partial charge in [-0.2, -0.15) is 13.1 Å². The third kappa shape index (κ3) is 4.96. The zero-order valence-electron chi connectivity index (χ0n) is 16.4. The Bertz CT molecular complexity index is 1070. The van der Waals surface area contributed by atoms with Gasteiger partial charge in [0.25, 0.3) is 10.2 Å². The first kappa shape index (κ1) is 19.5. The van der Waals surface area contributed by atoms with Crippen molar-refractivity contribution in [1.29, 1.82) is 0 Å². The van der Waals surface area contributed by atoms with E-state index in [-0.39, 0.29) is 6.04 Å². The first-order valence-corrected chi connectivity index (χ1v) is 11.2. The Labute approximate surface area is 172 Å². The molecule has 0 fully saturated rings. The van der Waals surface area contributed by atoms with Gasteiger partial charge in [0, 0.05) is 30.5 Å². The van der Waals surface area contributed by atoms with Crippen molar-refractivity contribution in [1.82, 2.24) is 4.72 Å². The molecule has 1 aliphatic rings. The predicted octanol–water partition coefficient (Wildman–Crippen LogP) is 3.87. The topological polar surface area (TPSA) is 61.4 Å². The highest BCUT2D eigenvalue weighted by Gasteiger charge is 2.27. The third-order valence-electron chi connectivity index (χ3n) is 5.05. The standard InChI is InChI=1S/C23H25N3O2S/c1-18-12-13-23-20(14-18)15-22(17-26(23)16-19-8-4-2-5-9-19)25-29(27,28)24-21-10-6-3-7-11-21/h2-14,22,24-25H,15-17H2,1H3. The van der Waals surface area contributed by atoms with E-state index in [1.807, 2.05) is 24.3 Å². The Hall–Kier alpha value is -2.83. The fourth-order valence-electron chi connectivity index (χ4n) is 3.82. The van der Waals surface area contributed by atoms with Crippen LogP contribution in [0.1, 0.15) is 16.7 Å². The summed E-state index contributed by atoms with van der Waals surface area (Å²) in [4.78, 5) is 2.25. The third-order valence-corrected chi connectivity index (χ3v) is 6.19. The van der Waals surface area contributed by atoms with E-state index in [1.54, 1.807) is 24.3 Å². The summed E-state index contributed by atoms with van der Waals surface area (Å²) in [7, 11) is -3.67. The Morgan fingerprint density at radius 1 is 0.966 bits per heavy atom. The van der Waals surface area contributed by atoms with Crippen LogP contribution in [-0.4, -0.2) is 21.0 Å². The van der Waals surface area contributed by atoms with Gasteiger partial charge >= 0.3 is 0 Å². The lowest BCUT2D eigenvalue weighted by molar-refractivity contribution is 0.528. The molecule has 0 spiro atoms. The van der Waals surface area contributed by atoms with Gasteiger partial charge in [0.1, 0.15) is 0 Å². The van der Waals surface area contributed by atoms with Crippen LogP contribution in [0.5, 0.6) is 0 Å². The second kappa shape index (κ2) is 8.27. The largest absolute Gasteiger partial charge is 0.365 e. The van der Waals surface area contributed by atoms with Crippen LogP contribution in [-0.2, 0) is 23.2 Å². The number of fused-ring (bicyclic) bond motifs is 1. The summed E-state index contributed by atoms with van der Waals surface area (Å²) in [5.74, 6) is 0. The Morgan fingerprint density at radius 2 is 1.66 bits per heavy atom. The van der Waals surface area contributed by atoms with Crippen molar-refractivity contribution < 1.29 is 8.42 Å². The molecule has 0 radical (unpaired) electrons. The SMILES string of the molecule is Cc1ccc2c(c1)CC(NS(=O)(=O)Nc1ccccc1)CN2Cc1ccccc1. The van der Waals surface area contributed by atoms with Crippen molar-refractivity contribution in [3.05, 3.63) is 95.6 Å². The molecule has 1 atom stereocenters. The van der Waals surface area contributed by atoms with Gasteiger partial charge in [0.15, 0.2) is 0 Å². The maximum atomic E-state index is 12.7. The first-order valence-electron chi connectivity index (χ1n) is 9.72. The molecule has 150 valence electrons. The highest BCUT2D eigenvalue weighted by Crippen LogP contribution is 2.29. The monoisotopic (exact) mass is 407 g/mol. The zero-order valence-corrected chi connectivity index (χ0v) is 17.2. The molecule has 0 amide bonds. The number of aryl methyl sites for hydroxylation is 1. The Morgan fingerprint density at radius 3 is 2.38 bits per heavy atom. The van der Waals surface area contributed by atoms with E-state index in [0.717, 1.165) is 6.54 Å². The van der Waals surface area contributed by atoms with Crippen LogP contribution in [0.4, 0.5) is 11.4 Å². The summed E-state index contributed by atoms with van der Waals surface area (Å²) < 4.78 is 30.8. The molecule has 0 aliphatic carbocycles. The molecule has 29 heavy (non-hydrogen) atoms. The highest BCUT2D eigenvalue weighted by atomic mass is 32.2. The van der Waals surface area contributed by atoms with Gasteiger partial charge in [-0.05, 0) is 42.7 Å². The molecule has 0 aromatic heterocycles. The lowest BCUT2D eigenvalue weighted by atomic mass is 9.96. The summed E-state index contributed by atoms with van der Waals surface area (Å²) >= 11 is 0. The van der Waals surface area contributed by atoms with Crippen LogP contribution < -0.4 is 14.3 Å². The molecule has 0 saturated carbocycles. The summed E-state index contributed by atoms with van der Waals surface area (Å²) in [5, 5.41) is 0. The van der Waals surface area contributed by atoms with E-state index in [1.165, 1.54) is 22.4 Å². The number of nitrogens with zero attached hydrogens (tertiary/aromatic N) is 1. The number of anilines is 2. The predicted molar refractivity (Wildman–Crippen MR) is 118 cm³/mol. The maximum Gasteiger partial charge on any atom is 0.299 e. The fourth-order valence-corrected chi connectivity index (χ4v) is 4.93. The average Bonchev–Trinajstić information content (AvgIpc) is 2.68. The van der Waals surface area contributed by atoms with Gasteiger partial charge in [-0.1, -0.05) is 66.2 Å². The van der Waals surface area contributed by atoms with E-state index in [2.05, 4.69) is 51.6 Å². The molecule has 2 N–H and O–H groups in total. The van der Waals surface area contributed by atoms with Crippen molar-refractivity contribution >= 4 is 21.6 Å². The van der Waals surface area contributed by atoms with E-state index < -0.39 is 10.2 Å². The van der Waals surface area contributed by atoms with Crippen molar-refractivity contribution in [2.24, 2.45) is 0 Å². The smallest absolute Gasteiger partial charge is 0.299 e. The summed E-state index contributed by atoms with van der Waals surface area (Å²) in [6.45, 7) is 3.41. The molecular weight excluding hydrogens is 382 g/mol. The number of para-hydroxylation sites is 1. The summed E-state index contributed by atoms with van der Waals surface area (Å²) in [6, 6.07) is 25.4. The van der Waals surface area contributed by atoms with Crippen LogP contribution in [0.25, 0.3) is 0 Å². The van der Waals surface area contributed by atoms with Gasteiger partial charge in [-0.15, -0.1) is 0 Å². The molecule has 6 heteroatoms. The number of hydrogen-bond acceptors (Lipinski definition) is 3. The van der Waals surface area contributed by atoms with Crippen molar-refractivity contribution in [3.8, 4) is 0 Å². The van der Waals surface area contributed by atoms with Gasteiger partial charge < -0.3 is 4.90 Å². The van der Waals surface area contributed by atoms with Gasteiger partial charge in [0.05, 0.1) is 0 Å². The molecule has 0 saturated heterocycles. The lowest BCUT2D eigenvalue weighted by Crippen LogP contribution is -2.49. The first-order chi connectivity index (χ1) is 14.0. The number of nitrogens with one attached hydrogen (secondary N) is 2. The van der Waals surface area contributed by atoms with Gasteiger partial charge in [0.2, 0.25) is 0 Å². The van der Waals surface area contributed by atoms with Crippen LogP contribution in [0.15, 0.2) is 78.9 Å². The molecule has 3 aromatic rings. The van der Waals surface area contributed by atoms with E-state index >= 15 is 0 Å². The lowest BCUT2D eigenvalue weighted by Gasteiger charge is -2.36. The molecule has 4 rings (SSSR count). The molecule has 1 unspecified atom stereocenters. The molecule has 0 bridgehead atoms. The summed E-state index contributed by atoms with van der Waals surface area (Å²) in [6.07, 6.45) is 0.665. The van der Waals surface area contributed by atoms with Crippen LogP contribution in [0.2, 0.25) is 0 Å². The second-order valence-electron chi connectivity index (χ2n) is 7.49. The fraction of sp³-hybridized carbons (Fsp3) is 0.217. The highest BCUT2D eigenvalue weighted by molar-refractivity contribution is 7.90. The Balaban J connectivity index is 1.55. The molecule has 1 heterocycles. The number of benzene rings is 3. The molecule has 1 aliphatic heterocycles. The maximum absolute atomic E-state index is 12.7. The molecule has 5 nitrogen and oxygen atoms in total. The van der Waals surface area contributed by atoms with Crippen LogP contribution in [0, 0.1) is 6.92 Å². The normalized spacial score (nSPS) is 16.3. The quantitative estimate of drug-likeness (QED) is 0.652. The van der Waals surface area contributed by atoms with Crippen molar-refractivity contribution in [2.45, 2.75) is 25.9 Å². The van der Waals surface area contributed by atoms with E-state index in [4.69, 9.17) is 0 Å². The minimum absolute atomic E-state index is 0.214. The molecule has 3 aromatic carbocycles. The molecular formula is C23H25N3O2S. The number of hydrogen-bond donors (Lipinski definition) is 2. The van der Waals surface area contributed by atoms with E-state index in [9.17, 15) is 8.42 Å². The van der Waals surface area contributed by atoms with Crippen LogP contribution in [0.3, 0.4) is 0 Å². The zero-order chi connectivity index (χ0) is 20.3. The summed E-state index contributed by atoms with van der Waals surface area (Å²) in [5.41, 5.74) is 5.26. The Kier molecular flexibility index (Phi) is 5.56. The van der Waals surface area contributed by atoms with Crippen LogP contribution >= 0.6 is 0 Å². The minimum Gasteiger partial charge on any atom is -0.365 e. The number of rotatable bonds is 6. The second-order valence-corrected chi connectivity index (χ2v) is 8.94. The van der Waals surface area contributed by atoms with Crippen molar-refractivity contribution in [2.75, 3.05) is 16.2 Å². The average molecular weight is 408 g/mol. The van der Waals surface area contributed by atoms with Gasteiger partial charge in [-0.25, -0.2) is 0 Å². The van der Waals surface area contributed by atoms with E-state index in [0.29, 0.717) is 18.7 Å². The van der Waals surface area contributed by atoms with Gasteiger partial charge in [-0.3, -0.25) is 4.72 Å². The van der Waals surface area contributed by atoms with Crippen molar-refractivity contribution in [3.63, 3.8) is 0 Å². The minimum atomic E-state index is -3.67.